The highest BCUT2D eigenvalue weighted by atomic mass is 32.2. The van der Waals surface area contributed by atoms with Crippen molar-refractivity contribution in [3.05, 3.63) is 0 Å². The molecular weight excluding hydrogens is 468 g/mol. The van der Waals surface area contributed by atoms with Gasteiger partial charge in [0.1, 0.15) is 18.1 Å². The van der Waals surface area contributed by atoms with Crippen LogP contribution in [0.15, 0.2) is 0 Å². The Labute approximate surface area is 191 Å². The summed E-state index contributed by atoms with van der Waals surface area (Å²) in [5.41, 5.74) is 5.39. The van der Waals surface area contributed by atoms with E-state index in [2.05, 4.69) is 5.32 Å². The second-order valence-corrected chi connectivity index (χ2v) is 7.69. The van der Waals surface area contributed by atoms with Crippen molar-refractivity contribution >= 4 is 53.4 Å². The Morgan fingerprint density at radius 3 is 1.58 bits per heavy atom. The molecule has 186 valence electrons. The first-order valence-corrected chi connectivity index (χ1v) is 10.7. The van der Waals surface area contributed by atoms with Crippen LogP contribution in [-0.4, -0.2) is 98.2 Å². The predicted octanol–water partition coefficient (Wildman–Crippen LogP) is -2.97. The zero-order valence-electron chi connectivity index (χ0n) is 17.5. The van der Waals surface area contributed by atoms with Gasteiger partial charge in [0.05, 0.1) is 25.3 Å². The topological polar surface area (TPSA) is 263 Å². The zero-order valence-corrected chi connectivity index (χ0v) is 18.3. The van der Waals surface area contributed by atoms with Crippen LogP contribution in [0.5, 0.6) is 0 Å². The number of aliphatic carboxylic acids is 4. The average Bonchev–Trinajstić information content (AvgIpc) is 2.68. The van der Waals surface area contributed by atoms with E-state index in [1.807, 2.05) is 10.6 Å². The van der Waals surface area contributed by atoms with Gasteiger partial charge in [0.25, 0.3) is 0 Å². The molecule has 0 saturated carbocycles. The third kappa shape index (κ3) is 12.3. The second kappa shape index (κ2) is 14.6. The maximum absolute atomic E-state index is 12.6. The first-order chi connectivity index (χ1) is 15.3. The zero-order chi connectivity index (χ0) is 25.7. The highest BCUT2D eigenvalue weighted by molar-refractivity contribution is 7.98. The Balaban J connectivity index is 5.51. The number of nitrogens with two attached hydrogens (primary N) is 1. The van der Waals surface area contributed by atoms with Crippen LogP contribution in [-0.2, 0) is 33.6 Å². The Kier molecular flexibility index (Phi) is 13.1. The van der Waals surface area contributed by atoms with Gasteiger partial charge in [-0.15, -0.1) is 0 Å². The number of thioether (sulfide) groups is 1. The molecule has 0 fully saturated rings. The van der Waals surface area contributed by atoms with Crippen LogP contribution in [0.2, 0.25) is 0 Å². The first kappa shape index (κ1) is 29.6. The van der Waals surface area contributed by atoms with E-state index in [0.717, 1.165) is 0 Å². The number of hydrogen-bond donors (Lipinski definition) is 8. The Hall–Kier alpha value is -3.40. The summed E-state index contributed by atoms with van der Waals surface area (Å²) in [4.78, 5) is 80.9. The van der Waals surface area contributed by atoms with Gasteiger partial charge >= 0.3 is 23.9 Å². The molecule has 0 spiro atoms. The number of carboxylic acid groups (broad SMARTS) is 4. The van der Waals surface area contributed by atoms with Gasteiger partial charge in [-0.05, 0) is 18.4 Å². The van der Waals surface area contributed by atoms with Crippen LogP contribution in [0.3, 0.4) is 0 Å². The number of amides is 3. The van der Waals surface area contributed by atoms with Crippen molar-refractivity contribution in [1.82, 2.24) is 16.0 Å². The number of rotatable bonds is 16. The highest BCUT2D eigenvalue weighted by Crippen LogP contribution is 2.05. The van der Waals surface area contributed by atoms with Crippen LogP contribution in [0.4, 0.5) is 0 Å². The summed E-state index contributed by atoms with van der Waals surface area (Å²) < 4.78 is 0. The van der Waals surface area contributed by atoms with Crippen LogP contribution < -0.4 is 21.7 Å². The minimum atomic E-state index is -1.78. The standard InChI is InChI=1S/C17H26N4O11S/c1-33-3-2-8(15(29)21-10(17(31)32)6-13(26)27)19-16(30)9(5-12(24)25)20-14(28)7(18)4-11(22)23/h7-10H,2-6,18H2,1H3,(H,19,30)(H,20,28)(H,21,29)(H,22,23)(H,24,25)(H,26,27)(H,31,32). The molecule has 0 heterocycles. The van der Waals surface area contributed by atoms with Gasteiger partial charge < -0.3 is 42.1 Å². The predicted molar refractivity (Wildman–Crippen MR) is 111 cm³/mol. The van der Waals surface area contributed by atoms with Gasteiger partial charge in [0.15, 0.2) is 0 Å². The van der Waals surface area contributed by atoms with Gasteiger partial charge in [-0.2, -0.15) is 11.8 Å². The summed E-state index contributed by atoms with van der Waals surface area (Å²) in [6, 6.07) is -6.48. The van der Waals surface area contributed by atoms with Crippen molar-refractivity contribution < 1.29 is 54.0 Å². The lowest BCUT2D eigenvalue weighted by molar-refractivity contribution is -0.147. The molecule has 0 aromatic rings. The molecule has 33 heavy (non-hydrogen) atoms. The van der Waals surface area contributed by atoms with E-state index in [1.54, 1.807) is 6.26 Å². The molecule has 0 aliphatic carbocycles. The highest BCUT2D eigenvalue weighted by Gasteiger charge is 2.32. The molecule has 4 unspecified atom stereocenters. The molecule has 0 aliphatic heterocycles. The Morgan fingerprint density at radius 2 is 1.12 bits per heavy atom. The number of hydrogen-bond acceptors (Lipinski definition) is 9. The van der Waals surface area contributed by atoms with Crippen LogP contribution in [0.25, 0.3) is 0 Å². The van der Waals surface area contributed by atoms with E-state index in [1.165, 1.54) is 11.8 Å². The molecule has 0 saturated heterocycles. The molecule has 4 atom stereocenters. The minimum absolute atomic E-state index is 0.0373. The summed E-state index contributed by atoms with van der Waals surface area (Å²) in [7, 11) is 0. The fourth-order valence-corrected chi connectivity index (χ4v) is 2.84. The molecule has 0 aromatic carbocycles. The summed E-state index contributed by atoms with van der Waals surface area (Å²) in [6.07, 6.45) is -0.996. The van der Waals surface area contributed by atoms with Crippen LogP contribution >= 0.6 is 11.8 Å². The number of carbonyl (C=O) groups is 7. The maximum Gasteiger partial charge on any atom is 0.326 e. The summed E-state index contributed by atoms with van der Waals surface area (Å²) in [6.45, 7) is 0. The smallest absolute Gasteiger partial charge is 0.326 e. The van der Waals surface area contributed by atoms with Gasteiger partial charge in [0.2, 0.25) is 17.7 Å². The van der Waals surface area contributed by atoms with E-state index in [0.29, 0.717) is 5.75 Å². The normalized spacial score (nSPS) is 14.1. The molecule has 16 heteroatoms. The molecule has 0 rings (SSSR count). The van der Waals surface area contributed by atoms with Crippen molar-refractivity contribution in [2.24, 2.45) is 5.73 Å². The molecule has 0 radical (unpaired) electrons. The van der Waals surface area contributed by atoms with Crippen molar-refractivity contribution in [3.63, 3.8) is 0 Å². The summed E-state index contributed by atoms with van der Waals surface area (Å²) in [5.74, 6) is -8.99. The van der Waals surface area contributed by atoms with Gasteiger partial charge in [-0.3, -0.25) is 28.8 Å². The summed E-state index contributed by atoms with van der Waals surface area (Å²) in [5, 5.41) is 41.8. The van der Waals surface area contributed by atoms with E-state index in [4.69, 9.17) is 26.2 Å². The summed E-state index contributed by atoms with van der Waals surface area (Å²) >= 11 is 1.27. The van der Waals surface area contributed by atoms with E-state index < -0.39 is 85.0 Å². The van der Waals surface area contributed by atoms with E-state index >= 15 is 0 Å². The van der Waals surface area contributed by atoms with Crippen molar-refractivity contribution in [3.8, 4) is 0 Å². The van der Waals surface area contributed by atoms with E-state index in [9.17, 15) is 33.6 Å². The second-order valence-electron chi connectivity index (χ2n) is 6.70. The monoisotopic (exact) mass is 494 g/mol. The molecule has 15 nitrogen and oxygen atoms in total. The third-order valence-corrected chi connectivity index (χ3v) is 4.62. The molecule has 0 aliphatic rings. The van der Waals surface area contributed by atoms with Crippen molar-refractivity contribution in [2.75, 3.05) is 12.0 Å². The number of carboxylic acids is 4. The fourth-order valence-electron chi connectivity index (χ4n) is 2.37. The largest absolute Gasteiger partial charge is 0.481 e. The van der Waals surface area contributed by atoms with Crippen molar-refractivity contribution in [2.45, 2.75) is 49.9 Å². The Bertz CT molecular complexity index is 776. The lowest BCUT2D eigenvalue weighted by atomic mass is 10.1. The SMILES string of the molecule is CSCCC(NC(=O)C(CC(=O)O)NC(=O)C(N)CC(=O)O)C(=O)NC(CC(=O)O)C(=O)O. The van der Waals surface area contributed by atoms with Gasteiger partial charge in [-0.1, -0.05) is 0 Å². The van der Waals surface area contributed by atoms with Gasteiger partial charge in [-0.25, -0.2) is 4.79 Å². The third-order valence-electron chi connectivity index (χ3n) is 3.98. The fraction of sp³-hybridized carbons (Fsp3) is 0.588. The molecule has 0 aromatic heterocycles. The number of carbonyl (C=O) groups excluding carboxylic acids is 3. The first-order valence-electron chi connectivity index (χ1n) is 9.32. The minimum Gasteiger partial charge on any atom is -0.481 e. The number of nitrogens with one attached hydrogen (secondary N) is 3. The molecular formula is C17H26N4O11S. The van der Waals surface area contributed by atoms with Gasteiger partial charge in [0, 0.05) is 0 Å². The maximum atomic E-state index is 12.6. The molecule has 9 N–H and O–H groups in total. The molecule has 3 amide bonds. The molecule has 0 bridgehead atoms. The average molecular weight is 494 g/mol. The van der Waals surface area contributed by atoms with E-state index in [-0.39, 0.29) is 6.42 Å². The van der Waals surface area contributed by atoms with Crippen molar-refractivity contribution in [1.29, 1.82) is 0 Å². The Morgan fingerprint density at radius 1 is 0.697 bits per heavy atom. The lowest BCUT2D eigenvalue weighted by Crippen LogP contribution is -2.57. The lowest BCUT2D eigenvalue weighted by Gasteiger charge is -2.24. The quantitative estimate of drug-likeness (QED) is 0.107. The van der Waals surface area contributed by atoms with Crippen LogP contribution in [0.1, 0.15) is 25.7 Å². The van der Waals surface area contributed by atoms with Crippen LogP contribution in [0, 0.1) is 0 Å².